The van der Waals surface area contributed by atoms with E-state index in [4.69, 9.17) is 16.2 Å². The molecule has 0 atom stereocenters. The summed E-state index contributed by atoms with van der Waals surface area (Å²) in [5.74, 6) is 0.483. The van der Waals surface area contributed by atoms with Crippen LogP contribution in [-0.4, -0.2) is 21.0 Å². The zero-order chi connectivity index (χ0) is 15.5. The van der Waals surface area contributed by atoms with Crippen LogP contribution in [0.5, 0.6) is 5.75 Å². The van der Waals surface area contributed by atoms with Gasteiger partial charge in [0, 0.05) is 17.8 Å². The fraction of sp³-hybridized carbons (Fsp3) is 0. The van der Waals surface area contributed by atoms with Gasteiger partial charge in [-0.15, -0.1) is 0 Å². The first-order valence-electron chi connectivity index (χ1n) is 6.48. The van der Waals surface area contributed by atoms with Crippen molar-refractivity contribution < 1.29 is 9.53 Å². The molecule has 7 nitrogen and oxygen atoms in total. The lowest BCUT2D eigenvalue weighted by molar-refractivity contribution is 0.211. The third kappa shape index (κ3) is 2.73. The Morgan fingerprint density at radius 1 is 1.18 bits per heavy atom. The van der Waals surface area contributed by atoms with E-state index in [2.05, 4.69) is 15.0 Å². The van der Waals surface area contributed by atoms with Crippen LogP contribution in [0.2, 0.25) is 0 Å². The van der Waals surface area contributed by atoms with Crippen molar-refractivity contribution in [2.75, 3.05) is 5.73 Å². The van der Waals surface area contributed by atoms with Crippen molar-refractivity contribution in [2.24, 2.45) is 5.73 Å². The summed E-state index contributed by atoms with van der Waals surface area (Å²) in [5, 5.41) is 0. The Morgan fingerprint density at radius 3 is 2.64 bits per heavy atom. The molecule has 2 heterocycles. The predicted molar refractivity (Wildman–Crippen MR) is 81.9 cm³/mol. The summed E-state index contributed by atoms with van der Waals surface area (Å²) in [6.07, 6.45) is 0.667. The molecule has 0 saturated carbocycles. The molecule has 0 fully saturated rings. The number of anilines is 1. The molecule has 3 aromatic rings. The van der Waals surface area contributed by atoms with Gasteiger partial charge in [-0.3, -0.25) is 0 Å². The number of benzene rings is 1. The van der Waals surface area contributed by atoms with Gasteiger partial charge in [0.2, 0.25) is 5.95 Å². The van der Waals surface area contributed by atoms with Crippen molar-refractivity contribution in [2.45, 2.75) is 0 Å². The van der Waals surface area contributed by atoms with Gasteiger partial charge in [-0.2, -0.15) is 0 Å². The topological polar surface area (TPSA) is 120 Å². The molecule has 0 unspecified atom stereocenters. The number of nitrogens with zero attached hydrogens (tertiary/aromatic N) is 2. The van der Waals surface area contributed by atoms with E-state index in [0.29, 0.717) is 22.8 Å². The minimum atomic E-state index is -0.884. The number of aromatic nitrogens is 3. The third-order valence-electron chi connectivity index (χ3n) is 3.00. The minimum Gasteiger partial charge on any atom is -0.408 e. The molecular formula is C15H13N5O2. The average Bonchev–Trinajstić information content (AvgIpc) is 2.91. The number of hydrogen-bond acceptors (Lipinski definition) is 5. The normalized spacial score (nSPS) is 10.4. The van der Waals surface area contributed by atoms with Gasteiger partial charge < -0.3 is 21.2 Å². The number of H-pyrrole nitrogens is 1. The minimum absolute atomic E-state index is 0.158. The lowest BCUT2D eigenvalue weighted by atomic mass is 10.1. The molecule has 7 heteroatoms. The molecule has 110 valence electrons. The molecule has 0 saturated heterocycles. The average molecular weight is 295 g/mol. The summed E-state index contributed by atoms with van der Waals surface area (Å²) in [6.45, 7) is 0. The van der Waals surface area contributed by atoms with E-state index in [1.165, 1.54) is 0 Å². The fourth-order valence-corrected chi connectivity index (χ4v) is 2.11. The van der Waals surface area contributed by atoms with Crippen molar-refractivity contribution >= 4 is 12.0 Å². The van der Waals surface area contributed by atoms with Crippen LogP contribution in [0, 0.1) is 0 Å². The van der Waals surface area contributed by atoms with Gasteiger partial charge in [-0.1, -0.05) is 30.3 Å². The standard InChI is InChI=1S/C15H13N5O2/c16-14-18-7-6-10(20-14)11-8-12(22-15(17)21)13(19-11)9-4-2-1-3-5-9/h1-8,19H,(H2,17,21)(H2,16,18,20). The van der Waals surface area contributed by atoms with Crippen LogP contribution in [0.25, 0.3) is 22.6 Å². The van der Waals surface area contributed by atoms with E-state index >= 15 is 0 Å². The Balaban J connectivity index is 2.10. The lowest BCUT2D eigenvalue weighted by Crippen LogP contribution is -2.16. The fourth-order valence-electron chi connectivity index (χ4n) is 2.11. The zero-order valence-electron chi connectivity index (χ0n) is 11.5. The number of amides is 1. The van der Waals surface area contributed by atoms with Crippen molar-refractivity contribution in [3.8, 4) is 28.4 Å². The Morgan fingerprint density at radius 2 is 1.95 bits per heavy atom. The molecule has 0 aliphatic carbocycles. The van der Waals surface area contributed by atoms with Crippen LogP contribution in [0.15, 0.2) is 48.7 Å². The number of primary amides is 1. The molecule has 0 aliphatic heterocycles. The Labute approximate surface area is 126 Å². The van der Waals surface area contributed by atoms with Crippen LogP contribution in [0.1, 0.15) is 0 Å². The van der Waals surface area contributed by atoms with Crippen molar-refractivity contribution in [1.29, 1.82) is 0 Å². The SMILES string of the molecule is NC(=O)Oc1cc(-c2ccnc(N)n2)[nH]c1-c1ccccc1. The van der Waals surface area contributed by atoms with Crippen LogP contribution in [0.3, 0.4) is 0 Å². The van der Waals surface area contributed by atoms with Crippen LogP contribution in [0.4, 0.5) is 10.7 Å². The first-order valence-corrected chi connectivity index (χ1v) is 6.48. The molecular weight excluding hydrogens is 282 g/mol. The van der Waals surface area contributed by atoms with E-state index in [0.717, 1.165) is 5.56 Å². The highest BCUT2D eigenvalue weighted by molar-refractivity contribution is 5.78. The smallest absolute Gasteiger partial charge is 0.408 e. The van der Waals surface area contributed by atoms with Crippen molar-refractivity contribution in [3.05, 3.63) is 48.7 Å². The molecule has 5 N–H and O–H groups in total. The molecule has 1 amide bonds. The lowest BCUT2D eigenvalue weighted by Gasteiger charge is -2.02. The molecule has 1 aromatic carbocycles. The molecule has 0 radical (unpaired) electrons. The number of nitrogens with one attached hydrogen (secondary N) is 1. The van der Waals surface area contributed by atoms with Gasteiger partial charge in [0.15, 0.2) is 5.75 Å². The Hall–Kier alpha value is -3.35. The molecule has 3 rings (SSSR count). The predicted octanol–water partition coefficient (Wildman–Crippen LogP) is 2.18. The summed E-state index contributed by atoms with van der Waals surface area (Å²) in [6, 6.07) is 12.8. The highest BCUT2D eigenvalue weighted by Gasteiger charge is 2.15. The van der Waals surface area contributed by atoms with Gasteiger partial charge in [0.05, 0.1) is 17.1 Å². The van der Waals surface area contributed by atoms with E-state index in [9.17, 15) is 4.79 Å². The second-order valence-electron chi connectivity index (χ2n) is 4.51. The Bertz CT molecular complexity index is 814. The number of rotatable bonds is 3. The van der Waals surface area contributed by atoms with Gasteiger partial charge in [-0.25, -0.2) is 14.8 Å². The van der Waals surface area contributed by atoms with E-state index < -0.39 is 6.09 Å². The van der Waals surface area contributed by atoms with Crippen molar-refractivity contribution in [1.82, 2.24) is 15.0 Å². The number of carbonyl (C=O) groups excluding carboxylic acids is 1. The first kappa shape index (κ1) is 13.6. The van der Waals surface area contributed by atoms with Gasteiger partial charge in [0.25, 0.3) is 0 Å². The number of nitrogens with two attached hydrogens (primary N) is 2. The molecule has 0 aliphatic rings. The first-order chi connectivity index (χ1) is 10.6. The third-order valence-corrected chi connectivity index (χ3v) is 3.00. The largest absolute Gasteiger partial charge is 0.410 e. The summed E-state index contributed by atoms with van der Waals surface area (Å²) in [5.41, 5.74) is 13.4. The van der Waals surface area contributed by atoms with E-state index in [1.807, 2.05) is 30.3 Å². The number of aromatic amines is 1. The maximum Gasteiger partial charge on any atom is 0.410 e. The Kier molecular flexibility index (Phi) is 3.45. The zero-order valence-corrected chi connectivity index (χ0v) is 11.5. The van der Waals surface area contributed by atoms with Crippen LogP contribution < -0.4 is 16.2 Å². The molecule has 22 heavy (non-hydrogen) atoms. The quantitative estimate of drug-likeness (QED) is 0.684. The summed E-state index contributed by atoms with van der Waals surface area (Å²) in [4.78, 5) is 22.2. The summed E-state index contributed by atoms with van der Waals surface area (Å²) < 4.78 is 5.07. The van der Waals surface area contributed by atoms with E-state index in [1.54, 1.807) is 18.3 Å². The van der Waals surface area contributed by atoms with Crippen LogP contribution in [-0.2, 0) is 0 Å². The van der Waals surface area contributed by atoms with Gasteiger partial charge in [-0.05, 0) is 6.07 Å². The number of carbonyl (C=O) groups is 1. The summed E-state index contributed by atoms with van der Waals surface area (Å²) in [7, 11) is 0. The second-order valence-corrected chi connectivity index (χ2v) is 4.51. The number of nitrogen functional groups attached to an aromatic ring is 1. The highest BCUT2D eigenvalue weighted by atomic mass is 16.5. The molecule has 0 spiro atoms. The monoisotopic (exact) mass is 295 g/mol. The van der Waals surface area contributed by atoms with Gasteiger partial charge in [0.1, 0.15) is 0 Å². The molecule has 0 bridgehead atoms. The summed E-state index contributed by atoms with van der Waals surface area (Å²) >= 11 is 0. The highest BCUT2D eigenvalue weighted by Crippen LogP contribution is 2.33. The van der Waals surface area contributed by atoms with Gasteiger partial charge >= 0.3 is 6.09 Å². The maximum absolute atomic E-state index is 11.1. The maximum atomic E-state index is 11.1. The van der Waals surface area contributed by atoms with Crippen LogP contribution >= 0.6 is 0 Å². The van der Waals surface area contributed by atoms with Crippen molar-refractivity contribution in [3.63, 3.8) is 0 Å². The van der Waals surface area contributed by atoms with E-state index in [-0.39, 0.29) is 5.95 Å². The number of ether oxygens (including phenoxy) is 1. The number of hydrogen-bond donors (Lipinski definition) is 3. The molecule has 2 aromatic heterocycles. The second kappa shape index (κ2) is 5.57.